The number of hydrogen-bond acceptors (Lipinski definition) is 4. The van der Waals surface area contributed by atoms with Gasteiger partial charge in [0.05, 0.1) is 28.4 Å². The van der Waals surface area contributed by atoms with Gasteiger partial charge in [0.15, 0.2) is 18.1 Å². The number of benzene rings is 2. The average Bonchev–Trinajstić information content (AvgIpc) is 2.56. The zero-order valence-electron chi connectivity index (χ0n) is 13.7. The number of carbonyl (C=O) groups is 1. The Bertz CT molecular complexity index is 834. The number of halogens is 2. The number of carbonyl (C=O) groups excluding carboxylic acids is 1. The van der Waals surface area contributed by atoms with Crippen LogP contribution in [0, 0.1) is 24.1 Å². The Morgan fingerprint density at radius 1 is 1.32 bits per heavy atom. The van der Waals surface area contributed by atoms with Crippen molar-refractivity contribution in [3.63, 3.8) is 0 Å². The number of aryl methyl sites for hydroxylation is 1. The maximum atomic E-state index is 13.8. The summed E-state index contributed by atoms with van der Waals surface area (Å²) in [6.07, 6.45) is 0. The van der Waals surface area contributed by atoms with Gasteiger partial charge in [-0.3, -0.25) is 4.79 Å². The molecule has 0 aliphatic rings. The molecule has 7 heteroatoms. The minimum Gasteiger partial charge on any atom is -0.490 e. The maximum absolute atomic E-state index is 13.8. The van der Waals surface area contributed by atoms with Gasteiger partial charge in [-0.25, -0.2) is 4.39 Å². The largest absolute Gasteiger partial charge is 0.490 e. The average molecular weight is 407 g/mol. The monoisotopic (exact) mass is 406 g/mol. The van der Waals surface area contributed by atoms with E-state index >= 15 is 0 Å². The molecule has 0 bridgehead atoms. The van der Waals surface area contributed by atoms with Gasteiger partial charge < -0.3 is 14.8 Å². The first-order chi connectivity index (χ1) is 11.9. The molecule has 130 valence electrons. The van der Waals surface area contributed by atoms with Crippen LogP contribution < -0.4 is 14.8 Å². The van der Waals surface area contributed by atoms with E-state index < -0.39 is 11.7 Å². The number of nitrogens with one attached hydrogen (secondary N) is 1. The fourth-order valence-corrected chi connectivity index (χ4v) is 2.64. The smallest absolute Gasteiger partial charge is 0.262 e. The molecule has 0 radical (unpaired) electrons. The van der Waals surface area contributed by atoms with E-state index in [2.05, 4.69) is 21.2 Å². The van der Waals surface area contributed by atoms with Gasteiger partial charge in [-0.05, 0) is 53.5 Å². The van der Waals surface area contributed by atoms with Gasteiger partial charge in [0.1, 0.15) is 5.82 Å². The van der Waals surface area contributed by atoms with Gasteiger partial charge in [-0.1, -0.05) is 6.07 Å². The zero-order valence-corrected chi connectivity index (χ0v) is 15.3. The third-order valence-corrected chi connectivity index (χ3v) is 3.77. The molecule has 0 unspecified atom stereocenters. The van der Waals surface area contributed by atoms with Gasteiger partial charge in [-0.2, -0.15) is 5.26 Å². The Balaban J connectivity index is 2.10. The van der Waals surface area contributed by atoms with E-state index in [0.717, 1.165) is 5.56 Å². The van der Waals surface area contributed by atoms with Crippen molar-refractivity contribution < 1.29 is 18.7 Å². The lowest BCUT2D eigenvalue weighted by Crippen LogP contribution is -2.21. The summed E-state index contributed by atoms with van der Waals surface area (Å²) < 4.78 is 25.2. The van der Waals surface area contributed by atoms with Crippen molar-refractivity contribution in [3.05, 3.63) is 51.7 Å². The summed E-state index contributed by atoms with van der Waals surface area (Å²) in [5, 5.41) is 11.5. The third kappa shape index (κ3) is 4.94. The van der Waals surface area contributed by atoms with E-state index in [4.69, 9.17) is 14.7 Å². The maximum Gasteiger partial charge on any atom is 0.262 e. The van der Waals surface area contributed by atoms with Crippen LogP contribution in [0.5, 0.6) is 11.5 Å². The van der Waals surface area contributed by atoms with Crippen molar-refractivity contribution in [2.24, 2.45) is 0 Å². The highest BCUT2D eigenvalue weighted by molar-refractivity contribution is 9.10. The Hall–Kier alpha value is -2.59. The van der Waals surface area contributed by atoms with Crippen molar-refractivity contribution in [1.29, 1.82) is 5.26 Å². The highest BCUT2D eigenvalue weighted by Crippen LogP contribution is 2.36. The summed E-state index contributed by atoms with van der Waals surface area (Å²) in [5.74, 6) is -0.368. The molecule has 0 saturated carbocycles. The van der Waals surface area contributed by atoms with Crippen LogP contribution in [0.1, 0.15) is 18.1 Å². The van der Waals surface area contributed by atoms with Crippen molar-refractivity contribution in [1.82, 2.24) is 0 Å². The molecular weight excluding hydrogens is 391 g/mol. The summed E-state index contributed by atoms with van der Waals surface area (Å²) in [6, 6.07) is 9.63. The molecule has 25 heavy (non-hydrogen) atoms. The molecule has 0 aliphatic heterocycles. The van der Waals surface area contributed by atoms with Gasteiger partial charge in [0.2, 0.25) is 0 Å². The van der Waals surface area contributed by atoms with E-state index in [0.29, 0.717) is 28.1 Å². The second-order valence-corrected chi connectivity index (χ2v) is 6.00. The number of nitrogens with zero attached hydrogens (tertiary/aromatic N) is 1. The minimum atomic E-state index is -0.513. The predicted molar refractivity (Wildman–Crippen MR) is 95.3 cm³/mol. The topological polar surface area (TPSA) is 71.3 Å². The molecule has 0 heterocycles. The first-order valence-electron chi connectivity index (χ1n) is 7.49. The number of ether oxygens (including phenoxy) is 2. The van der Waals surface area contributed by atoms with Gasteiger partial charge in [0.25, 0.3) is 5.91 Å². The van der Waals surface area contributed by atoms with E-state index in [1.807, 2.05) is 6.07 Å². The Morgan fingerprint density at radius 3 is 2.72 bits per heavy atom. The lowest BCUT2D eigenvalue weighted by Gasteiger charge is -2.14. The summed E-state index contributed by atoms with van der Waals surface area (Å²) >= 11 is 3.30. The Labute approximate surface area is 153 Å². The first kappa shape index (κ1) is 18.7. The molecule has 0 saturated heterocycles. The van der Waals surface area contributed by atoms with Crippen LogP contribution >= 0.6 is 15.9 Å². The van der Waals surface area contributed by atoms with Crippen molar-refractivity contribution >= 4 is 27.5 Å². The normalized spacial score (nSPS) is 10.0. The number of anilines is 1. The van der Waals surface area contributed by atoms with Crippen molar-refractivity contribution in [2.45, 2.75) is 13.8 Å². The van der Waals surface area contributed by atoms with Gasteiger partial charge >= 0.3 is 0 Å². The standard InChI is InChI=1S/C18H16BrFN2O3/c1-3-24-16-8-12(9-21)7-13(19)18(16)25-10-17(23)22-15-5-4-11(2)6-14(15)20/h4-8H,3,10H2,1-2H3,(H,22,23). The predicted octanol–water partition coefficient (Wildman–Crippen LogP) is 4.18. The summed E-state index contributed by atoms with van der Waals surface area (Å²) in [6.45, 7) is 3.59. The van der Waals surface area contributed by atoms with Gasteiger partial charge in [0, 0.05) is 6.07 Å². The van der Waals surface area contributed by atoms with Crippen LogP contribution in [-0.4, -0.2) is 19.1 Å². The fraction of sp³-hybridized carbons (Fsp3) is 0.222. The minimum absolute atomic E-state index is 0.0862. The van der Waals surface area contributed by atoms with Crippen LogP contribution in [-0.2, 0) is 4.79 Å². The summed E-state index contributed by atoms with van der Waals surface area (Å²) in [7, 11) is 0. The quantitative estimate of drug-likeness (QED) is 0.780. The number of rotatable bonds is 6. The molecule has 1 N–H and O–H groups in total. The number of hydrogen-bond donors (Lipinski definition) is 1. The van der Waals surface area contributed by atoms with E-state index in [-0.39, 0.29) is 12.3 Å². The SMILES string of the molecule is CCOc1cc(C#N)cc(Br)c1OCC(=O)Nc1ccc(C)cc1F. The molecule has 0 aliphatic carbocycles. The van der Waals surface area contributed by atoms with E-state index in [1.54, 1.807) is 26.0 Å². The molecule has 5 nitrogen and oxygen atoms in total. The Kier molecular flexibility index (Phi) is 6.37. The van der Waals surface area contributed by atoms with Crippen molar-refractivity contribution in [3.8, 4) is 17.6 Å². The highest BCUT2D eigenvalue weighted by atomic mass is 79.9. The zero-order chi connectivity index (χ0) is 18.4. The molecule has 0 spiro atoms. The molecule has 2 aromatic rings. The molecule has 1 amide bonds. The molecular formula is C18H16BrFN2O3. The lowest BCUT2D eigenvalue weighted by molar-refractivity contribution is -0.118. The highest BCUT2D eigenvalue weighted by Gasteiger charge is 2.15. The third-order valence-electron chi connectivity index (χ3n) is 3.18. The van der Waals surface area contributed by atoms with Crippen LogP contribution in [0.3, 0.4) is 0 Å². The molecule has 2 rings (SSSR count). The molecule has 0 aromatic heterocycles. The summed E-state index contributed by atoms with van der Waals surface area (Å²) in [5.41, 5.74) is 1.24. The second kappa shape index (κ2) is 8.49. The Morgan fingerprint density at radius 2 is 2.08 bits per heavy atom. The van der Waals surface area contributed by atoms with Crippen LogP contribution in [0.4, 0.5) is 10.1 Å². The van der Waals surface area contributed by atoms with E-state index in [9.17, 15) is 9.18 Å². The molecule has 0 atom stereocenters. The number of amides is 1. The lowest BCUT2D eigenvalue weighted by atomic mass is 10.2. The van der Waals surface area contributed by atoms with Crippen LogP contribution in [0.2, 0.25) is 0 Å². The van der Waals surface area contributed by atoms with Crippen molar-refractivity contribution in [2.75, 3.05) is 18.5 Å². The van der Waals surface area contributed by atoms with Crippen LogP contribution in [0.15, 0.2) is 34.8 Å². The number of nitriles is 1. The first-order valence-corrected chi connectivity index (χ1v) is 8.29. The molecule has 0 fully saturated rings. The fourth-order valence-electron chi connectivity index (χ4n) is 2.08. The summed E-state index contributed by atoms with van der Waals surface area (Å²) in [4.78, 5) is 12.0. The second-order valence-electron chi connectivity index (χ2n) is 5.15. The van der Waals surface area contributed by atoms with E-state index in [1.165, 1.54) is 18.2 Å². The van der Waals surface area contributed by atoms with Crippen LogP contribution in [0.25, 0.3) is 0 Å². The molecule has 2 aromatic carbocycles. The van der Waals surface area contributed by atoms with Gasteiger partial charge in [-0.15, -0.1) is 0 Å².